The first-order chi connectivity index (χ1) is 14.4. The number of hydrogen-bond acceptors (Lipinski definition) is 4. The number of hydrogen-bond donors (Lipinski definition) is 1. The van der Waals surface area contributed by atoms with Crippen molar-refractivity contribution in [2.45, 2.75) is 25.5 Å². The van der Waals surface area contributed by atoms with Crippen molar-refractivity contribution in [1.82, 2.24) is 4.90 Å². The Morgan fingerprint density at radius 2 is 1.73 bits per heavy atom. The van der Waals surface area contributed by atoms with Crippen LogP contribution in [0.4, 0.5) is 0 Å². The van der Waals surface area contributed by atoms with Gasteiger partial charge in [-0.3, -0.25) is 9.69 Å². The number of guanidine groups is 1. The second kappa shape index (κ2) is 8.03. The Morgan fingerprint density at radius 3 is 2.43 bits per heavy atom. The zero-order chi connectivity index (χ0) is 21.1. The van der Waals surface area contributed by atoms with Crippen molar-refractivity contribution in [2.75, 3.05) is 7.05 Å². The molecule has 1 heterocycles. The van der Waals surface area contributed by atoms with Crippen molar-refractivity contribution in [3.63, 3.8) is 0 Å². The molecule has 4 rings (SSSR count). The van der Waals surface area contributed by atoms with E-state index in [-0.39, 0.29) is 11.9 Å². The number of carbonyl (C=O) groups excluding carboxylic acids is 1. The van der Waals surface area contributed by atoms with Gasteiger partial charge in [-0.05, 0) is 47.4 Å². The highest BCUT2D eigenvalue weighted by Gasteiger charge is 2.36. The SMILES string of the molecule is CN1C(=O)CC(C)(c2cccc(-c3ccc(OCc4ccccc4)cc3)c2)N=C1N. The van der Waals surface area contributed by atoms with Crippen LogP contribution in [0.2, 0.25) is 0 Å². The molecule has 5 nitrogen and oxygen atoms in total. The summed E-state index contributed by atoms with van der Waals surface area (Å²) in [6, 6.07) is 26.2. The van der Waals surface area contributed by atoms with Crippen LogP contribution in [0.1, 0.15) is 24.5 Å². The summed E-state index contributed by atoms with van der Waals surface area (Å²) < 4.78 is 5.88. The molecule has 0 fully saturated rings. The van der Waals surface area contributed by atoms with Crippen LogP contribution < -0.4 is 10.5 Å². The van der Waals surface area contributed by atoms with Gasteiger partial charge in [0.25, 0.3) is 0 Å². The van der Waals surface area contributed by atoms with E-state index in [1.165, 1.54) is 4.90 Å². The molecule has 1 aliphatic heterocycles. The van der Waals surface area contributed by atoms with Gasteiger partial charge in [0.05, 0.1) is 12.0 Å². The van der Waals surface area contributed by atoms with E-state index in [4.69, 9.17) is 10.5 Å². The highest BCUT2D eigenvalue weighted by atomic mass is 16.5. The monoisotopic (exact) mass is 399 g/mol. The summed E-state index contributed by atoms with van der Waals surface area (Å²) in [5, 5.41) is 0. The Hall–Kier alpha value is -3.60. The summed E-state index contributed by atoms with van der Waals surface area (Å²) in [4.78, 5) is 18.3. The smallest absolute Gasteiger partial charge is 0.231 e. The van der Waals surface area contributed by atoms with E-state index < -0.39 is 5.54 Å². The third-order valence-electron chi connectivity index (χ3n) is 5.49. The molecule has 0 spiro atoms. The first-order valence-corrected chi connectivity index (χ1v) is 9.94. The van der Waals surface area contributed by atoms with Gasteiger partial charge in [-0.15, -0.1) is 0 Å². The Bertz CT molecular complexity index is 1080. The molecule has 5 heteroatoms. The van der Waals surface area contributed by atoms with Crippen LogP contribution in [0.5, 0.6) is 5.75 Å². The van der Waals surface area contributed by atoms with Crippen LogP contribution in [0, 0.1) is 0 Å². The fourth-order valence-electron chi connectivity index (χ4n) is 3.59. The van der Waals surface area contributed by atoms with Gasteiger partial charge < -0.3 is 10.5 Å². The third-order valence-corrected chi connectivity index (χ3v) is 5.49. The fraction of sp³-hybridized carbons (Fsp3) is 0.200. The molecule has 1 atom stereocenters. The Balaban J connectivity index is 1.53. The van der Waals surface area contributed by atoms with Crippen LogP contribution in [-0.4, -0.2) is 23.8 Å². The molecular weight excluding hydrogens is 374 g/mol. The molecule has 0 bridgehead atoms. The Morgan fingerprint density at radius 1 is 1.00 bits per heavy atom. The molecule has 30 heavy (non-hydrogen) atoms. The van der Waals surface area contributed by atoms with E-state index in [1.54, 1.807) is 7.05 Å². The summed E-state index contributed by atoms with van der Waals surface area (Å²) in [7, 11) is 1.65. The second-order valence-electron chi connectivity index (χ2n) is 7.75. The Kier molecular flexibility index (Phi) is 5.27. The van der Waals surface area contributed by atoms with Crippen molar-refractivity contribution in [1.29, 1.82) is 0 Å². The molecule has 3 aromatic rings. The molecule has 0 aliphatic carbocycles. The molecule has 0 radical (unpaired) electrons. The first kappa shape index (κ1) is 19.7. The van der Waals surface area contributed by atoms with Crippen LogP contribution in [0.15, 0.2) is 83.9 Å². The molecule has 0 saturated heterocycles. The van der Waals surface area contributed by atoms with Gasteiger partial charge in [-0.1, -0.05) is 60.7 Å². The van der Waals surface area contributed by atoms with Crippen molar-refractivity contribution in [3.8, 4) is 16.9 Å². The average Bonchev–Trinajstić information content (AvgIpc) is 2.77. The van der Waals surface area contributed by atoms with Gasteiger partial charge in [-0.25, -0.2) is 4.99 Å². The molecular formula is C25H25N3O2. The number of carbonyl (C=O) groups is 1. The van der Waals surface area contributed by atoms with Crippen molar-refractivity contribution >= 4 is 11.9 Å². The summed E-state index contributed by atoms with van der Waals surface area (Å²) in [6.45, 7) is 2.49. The number of aliphatic imine (C=N–C) groups is 1. The lowest BCUT2D eigenvalue weighted by Crippen LogP contribution is -2.47. The van der Waals surface area contributed by atoms with Crippen LogP contribution in [-0.2, 0) is 16.9 Å². The minimum atomic E-state index is -0.664. The van der Waals surface area contributed by atoms with Gasteiger partial charge in [-0.2, -0.15) is 0 Å². The molecule has 1 unspecified atom stereocenters. The van der Waals surface area contributed by atoms with Crippen LogP contribution >= 0.6 is 0 Å². The predicted octanol–water partition coefficient (Wildman–Crippen LogP) is 4.32. The summed E-state index contributed by atoms with van der Waals surface area (Å²) >= 11 is 0. The van der Waals surface area contributed by atoms with E-state index >= 15 is 0 Å². The summed E-state index contributed by atoms with van der Waals surface area (Å²) in [5.41, 5.74) is 9.53. The lowest BCUT2D eigenvalue weighted by Gasteiger charge is -2.33. The quantitative estimate of drug-likeness (QED) is 0.695. The molecule has 3 aromatic carbocycles. The topological polar surface area (TPSA) is 67.9 Å². The van der Waals surface area contributed by atoms with Gasteiger partial charge in [0.15, 0.2) is 5.96 Å². The van der Waals surface area contributed by atoms with Gasteiger partial charge in [0.2, 0.25) is 5.91 Å². The lowest BCUT2D eigenvalue weighted by molar-refractivity contribution is -0.128. The highest BCUT2D eigenvalue weighted by Crippen LogP contribution is 2.35. The number of benzene rings is 3. The molecule has 1 aliphatic rings. The minimum absolute atomic E-state index is 0.0321. The standard InChI is InChI=1S/C25H25N3O2/c1-25(16-23(29)28(2)24(26)27-25)21-10-6-9-20(15-21)19-11-13-22(14-12-19)30-17-18-7-4-3-5-8-18/h3-15H,16-17H2,1-2H3,(H2,26,27). The van der Waals surface area contributed by atoms with Crippen molar-refractivity contribution in [3.05, 3.63) is 90.0 Å². The van der Waals surface area contributed by atoms with Crippen LogP contribution in [0.3, 0.4) is 0 Å². The lowest BCUT2D eigenvalue weighted by atomic mass is 9.86. The maximum absolute atomic E-state index is 12.3. The molecule has 1 amide bonds. The van der Waals surface area contributed by atoms with E-state index in [0.717, 1.165) is 28.0 Å². The largest absolute Gasteiger partial charge is 0.489 e. The number of nitrogens with two attached hydrogens (primary N) is 1. The molecule has 152 valence electrons. The van der Waals surface area contributed by atoms with Gasteiger partial charge in [0.1, 0.15) is 12.4 Å². The number of amides is 1. The normalized spacial score (nSPS) is 18.8. The Labute approximate surface area is 176 Å². The fourth-order valence-corrected chi connectivity index (χ4v) is 3.59. The first-order valence-electron chi connectivity index (χ1n) is 9.94. The van der Waals surface area contributed by atoms with E-state index in [9.17, 15) is 4.79 Å². The predicted molar refractivity (Wildman–Crippen MR) is 119 cm³/mol. The summed E-state index contributed by atoms with van der Waals surface area (Å²) in [5.74, 6) is 1.04. The maximum Gasteiger partial charge on any atom is 0.231 e. The van der Waals surface area contributed by atoms with E-state index in [1.807, 2.05) is 73.7 Å². The van der Waals surface area contributed by atoms with Gasteiger partial charge >= 0.3 is 0 Å². The minimum Gasteiger partial charge on any atom is -0.489 e. The number of nitrogens with zero attached hydrogens (tertiary/aromatic N) is 2. The third kappa shape index (κ3) is 4.06. The molecule has 0 saturated carbocycles. The average molecular weight is 399 g/mol. The van der Waals surface area contributed by atoms with Gasteiger partial charge in [0, 0.05) is 7.05 Å². The summed E-state index contributed by atoms with van der Waals surface area (Å²) in [6.07, 6.45) is 0.292. The van der Waals surface area contributed by atoms with Crippen molar-refractivity contribution in [2.24, 2.45) is 10.7 Å². The number of rotatable bonds is 5. The molecule has 0 aromatic heterocycles. The maximum atomic E-state index is 12.3. The second-order valence-corrected chi connectivity index (χ2v) is 7.75. The van der Waals surface area contributed by atoms with E-state index in [0.29, 0.717) is 13.0 Å². The zero-order valence-corrected chi connectivity index (χ0v) is 17.2. The number of ether oxygens (including phenoxy) is 1. The van der Waals surface area contributed by atoms with Crippen molar-refractivity contribution < 1.29 is 9.53 Å². The van der Waals surface area contributed by atoms with E-state index in [2.05, 4.69) is 17.1 Å². The zero-order valence-electron chi connectivity index (χ0n) is 17.2. The highest BCUT2D eigenvalue weighted by molar-refractivity contribution is 5.98. The molecule has 2 N–H and O–H groups in total. The van der Waals surface area contributed by atoms with Crippen LogP contribution in [0.25, 0.3) is 11.1 Å².